The van der Waals surface area contributed by atoms with Crippen LogP contribution >= 0.6 is 0 Å². The van der Waals surface area contributed by atoms with E-state index in [9.17, 15) is 9.90 Å². The number of rotatable bonds is 3. The van der Waals surface area contributed by atoms with Gasteiger partial charge in [-0.3, -0.25) is 9.69 Å². The van der Waals surface area contributed by atoms with E-state index in [2.05, 4.69) is 17.0 Å². The number of nitrogens with zero attached hydrogens (tertiary/aromatic N) is 1. The average Bonchev–Trinajstić information content (AvgIpc) is 2.72. The topological polar surface area (TPSA) is 49.8 Å². The molecular weight excluding hydrogens is 266 g/mol. The highest BCUT2D eigenvalue weighted by atomic mass is 16.5. The van der Waals surface area contributed by atoms with Gasteiger partial charge in [-0.05, 0) is 32.4 Å². The van der Waals surface area contributed by atoms with E-state index < -0.39 is 6.10 Å². The maximum absolute atomic E-state index is 12.2. The van der Waals surface area contributed by atoms with Crippen molar-refractivity contribution in [3.05, 3.63) is 35.9 Å². The molecule has 1 aromatic carbocycles. The summed E-state index contributed by atoms with van der Waals surface area (Å²) in [5, 5.41) is 10.8. The Morgan fingerprint density at radius 2 is 2.05 bits per heavy atom. The van der Waals surface area contributed by atoms with Crippen LogP contribution in [0.25, 0.3) is 0 Å². The third kappa shape index (κ3) is 2.47. The smallest absolute Gasteiger partial charge is 0.310 e. The fraction of sp³-hybridized carbons (Fsp3) is 0.588. The Balaban J connectivity index is 1.85. The number of hydrogen-bond acceptors (Lipinski definition) is 4. The van der Waals surface area contributed by atoms with Gasteiger partial charge in [-0.2, -0.15) is 0 Å². The summed E-state index contributed by atoms with van der Waals surface area (Å²) in [6.07, 6.45) is 1.17. The van der Waals surface area contributed by atoms with Gasteiger partial charge >= 0.3 is 5.97 Å². The van der Waals surface area contributed by atoms with Crippen LogP contribution in [0.1, 0.15) is 31.2 Å². The van der Waals surface area contributed by atoms with Crippen LogP contribution in [-0.2, 0) is 9.53 Å². The van der Waals surface area contributed by atoms with E-state index in [1.165, 1.54) is 0 Å². The highest BCUT2D eigenvalue weighted by Crippen LogP contribution is 2.45. The monoisotopic (exact) mass is 289 g/mol. The molecule has 0 aromatic heterocycles. The van der Waals surface area contributed by atoms with E-state index >= 15 is 0 Å². The summed E-state index contributed by atoms with van der Waals surface area (Å²) < 4.78 is 5.19. The van der Waals surface area contributed by atoms with Crippen molar-refractivity contribution in [2.45, 2.75) is 43.9 Å². The van der Waals surface area contributed by atoms with Gasteiger partial charge in [0.25, 0.3) is 0 Å². The lowest BCUT2D eigenvalue weighted by Gasteiger charge is -2.41. The third-order valence-corrected chi connectivity index (χ3v) is 5.09. The van der Waals surface area contributed by atoms with E-state index in [-0.39, 0.29) is 23.8 Å². The highest BCUT2D eigenvalue weighted by Gasteiger charge is 2.53. The number of likely N-dealkylation sites (N-methyl/N-ethyl adjacent to an activating group) is 1. The van der Waals surface area contributed by atoms with Gasteiger partial charge in [0.05, 0.1) is 18.6 Å². The first kappa shape index (κ1) is 14.5. The average molecular weight is 289 g/mol. The normalized spacial score (nSPS) is 35.7. The van der Waals surface area contributed by atoms with Crippen LogP contribution in [0.4, 0.5) is 0 Å². The quantitative estimate of drug-likeness (QED) is 0.862. The Kier molecular flexibility index (Phi) is 4.00. The Bertz CT molecular complexity index is 504. The number of hydrogen-bond donors (Lipinski definition) is 1. The minimum Gasteiger partial charge on any atom is -0.466 e. The van der Waals surface area contributed by atoms with Gasteiger partial charge in [0, 0.05) is 18.0 Å². The molecule has 2 aliphatic heterocycles. The lowest BCUT2D eigenvalue weighted by molar-refractivity contribution is -0.150. The van der Waals surface area contributed by atoms with Gasteiger partial charge in [-0.1, -0.05) is 30.3 Å². The van der Waals surface area contributed by atoms with Gasteiger partial charge < -0.3 is 9.84 Å². The molecule has 0 aliphatic carbocycles. The number of carbonyl (C=O) groups is 1. The molecule has 0 radical (unpaired) electrons. The molecule has 1 aromatic rings. The van der Waals surface area contributed by atoms with E-state index in [0.717, 1.165) is 18.4 Å². The SMILES string of the molecule is CCOC(=O)[C@@H]1C[C@H]2C[C@H](c3ccccc3)[C@@H](O)[C@@H]1N2C. The fourth-order valence-corrected chi connectivity index (χ4v) is 4.06. The van der Waals surface area contributed by atoms with E-state index in [1.807, 2.05) is 32.2 Å². The molecule has 21 heavy (non-hydrogen) atoms. The zero-order chi connectivity index (χ0) is 15.0. The number of ether oxygens (including phenoxy) is 1. The molecular formula is C17H23NO3. The zero-order valence-corrected chi connectivity index (χ0v) is 12.6. The number of benzene rings is 1. The molecule has 0 saturated carbocycles. The maximum Gasteiger partial charge on any atom is 0.310 e. The van der Waals surface area contributed by atoms with Gasteiger partial charge in [0.15, 0.2) is 0 Å². The van der Waals surface area contributed by atoms with Crippen LogP contribution in [0, 0.1) is 5.92 Å². The molecule has 114 valence electrons. The summed E-state index contributed by atoms with van der Waals surface area (Å²) in [6, 6.07) is 10.3. The number of carbonyl (C=O) groups excluding carboxylic acids is 1. The van der Waals surface area contributed by atoms with Crippen LogP contribution in [0.3, 0.4) is 0 Å². The van der Waals surface area contributed by atoms with Gasteiger partial charge in [0.2, 0.25) is 0 Å². The van der Waals surface area contributed by atoms with Crippen LogP contribution in [0.15, 0.2) is 30.3 Å². The number of aliphatic hydroxyl groups excluding tert-OH is 1. The molecule has 4 heteroatoms. The summed E-state index contributed by atoms with van der Waals surface area (Å²) >= 11 is 0. The summed E-state index contributed by atoms with van der Waals surface area (Å²) in [5.74, 6) is -0.259. The Morgan fingerprint density at radius 3 is 2.71 bits per heavy atom. The lowest BCUT2D eigenvalue weighted by Crippen LogP contribution is -2.51. The van der Waals surface area contributed by atoms with E-state index in [0.29, 0.717) is 12.6 Å². The van der Waals surface area contributed by atoms with Crippen molar-refractivity contribution in [3.8, 4) is 0 Å². The Labute approximate surface area is 125 Å². The van der Waals surface area contributed by atoms with Crippen molar-refractivity contribution in [1.82, 2.24) is 4.90 Å². The standard InChI is InChI=1S/C17H23NO3/c1-3-21-17(20)14-10-12-9-13(11-7-5-4-6-8-11)16(19)15(14)18(12)2/h4-8,12-16,19H,3,9-10H2,1-2H3/t12-,13-,14-,15-,16-/m1/s1. The first-order valence-electron chi connectivity index (χ1n) is 7.75. The summed E-state index contributed by atoms with van der Waals surface area (Å²) in [6.45, 7) is 2.22. The van der Waals surface area contributed by atoms with Crippen LogP contribution < -0.4 is 0 Å². The van der Waals surface area contributed by atoms with Crippen LogP contribution in [0.2, 0.25) is 0 Å². The van der Waals surface area contributed by atoms with Gasteiger partial charge in [-0.25, -0.2) is 0 Å². The predicted molar refractivity (Wildman–Crippen MR) is 79.9 cm³/mol. The Morgan fingerprint density at radius 1 is 1.33 bits per heavy atom. The van der Waals surface area contributed by atoms with Crippen molar-refractivity contribution < 1.29 is 14.6 Å². The summed E-state index contributed by atoms with van der Waals surface area (Å²) in [4.78, 5) is 14.3. The number of aliphatic hydroxyl groups is 1. The second-order valence-corrected chi connectivity index (χ2v) is 6.15. The Hall–Kier alpha value is -1.39. The molecule has 2 fully saturated rings. The predicted octanol–water partition coefficient (Wildman–Crippen LogP) is 1.79. The molecule has 0 unspecified atom stereocenters. The first-order chi connectivity index (χ1) is 10.1. The van der Waals surface area contributed by atoms with E-state index in [4.69, 9.17) is 4.74 Å². The highest BCUT2D eigenvalue weighted by molar-refractivity contribution is 5.74. The largest absolute Gasteiger partial charge is 0.466 e. The summed E-state index contributed by atoms with van der Waals surface area (Å²) in [5.41, 5.74) is 1.16. The summed E-state index contributed by atoms with van der Waals surface area (Å²) in [7, 11) is 2.01. The number of piperidine rings is 1. The van der Waals surface area contributed by atoms with Crippen molar-refractivity contribution in [3.63, 3.8) is 0 Å². The fourth-order valence-electron chi connectivity index (χ4n) is 4.06. The molecule has 0 amide bonds. The second kappa shape index (κ2) is 5.78. The second-order valence-electron chi connectivity index (χ2n) is 6.15. The molecule has 2 heterocycles. The van der Waals surface area contributed by atoms with Crippen molar-refractivity contribution in [2.24, 2.45) is 5.92 Å². The molecule has 2 bridgehead atoms. The first-order valence-corrected chi connectivity index (χ1v) is 7.75. The van der Waals surface area contributed by atoms with Crippen molar-refractivity contribution in [1.29, 1.82) is 0 Å². The van der Waals surface area contributed by atoms with Crippen molar-refractivity contribution in [2.75, 3.05) is 13.7 Å². The minimum absolute atomic E-state index is 0.108. The van der Waals surface area contributed by atoms with Gasteiger partial charge in [-0.15, -0.1) is 0 Å². The molecule has 1 N–H and O–H groups in total. The van der Waals surface area contributed by atoms with Crippen molar-refractivity contribution >= 4 is 5.97 Å². The maximum atomic E-state index is 12.2. The third-order valence-electron chi connectivity index (χ3n) is 5.09. The van der Waals surface area contributed by atoms with Crippen LogP contribution in [0.5, 0.6) is 0 Å². The van der Waals surface area contributed by atoms with Gasteiger partial charge in [0.1, 0.15) is 0 Å². The number of esters is 1. The van der Waals surface area contributed by atoms with E-state index in [1.54, 1.807) is 0 Å². The molecule has 0 spiro atoms. The molecule has 2 aliphatic rings. The number of fused-ring (bicyclic) bond motifs is 2. The molecule has 5 atom stereocenters. The zero-order valence-electron chi connectivity index (χ0n) is 12.6. The molecule has 2 saturated heterocycles. The molecule has 4 nitrogen and oxygen atoms in total. The molecule has 3 rings (SSSR count). The van der Waals surface area contributed by atoms with Crippen LogP contribution in [-0.4, -0.2) is 47.8 Å². The minimum atomic E-state index is -0.523. The lowest BCUT2D eigenvalue weighted by atomic mass is 9.82.